The summed E-state index contributed by atoms with van der Waals surface area (Å²) in [6.45, 7) is 5.17. The average Bonchev–Trinajstić information content (AvgIpc) is 3.14. The minimum Gasteiger partial charge on any atom is -0.439 e. The number of nitrogens with one attached hydrogen (secondary N) is 1. The monoisotopic (exact) mass is 342 g/mol. The molecule has 1 aromatic carbocycles. The van der Waals surface area contributed by atoms with Gasteiger partial charge in [0.1, 0.15) is 0 Å². The Hall–Kier alpha value is -1.69. The Balaban J connectivity index is 1.39. The summed E-state index contributed by atoms with van der Waals surface area (Å²) in [5.41, 5.74) is 1.27. The Bertz CT molecular complexity index is 679. The molecule has 2 fully saturated rings. The molecular weight excluding hydrogens is 316 g/mol. The zero-order valence-corrected chi connectivity index (χ0v) is 14.7. The number of ether oxygens (including phenoxy) is 2. The van der Waals surface area contributed by atoms with E-state index in [0.717, 1.165) is 56.3 Å². The van der Waals surface area contributed by atoms with Crippen molar-refractivity contribution in [3.8, 4) is 11.3 Å². The fraction of sp³-hybridized carbons (Fsp3) is 0.550. The van der Waals surface area contributed by atoms with Gasteiger partial charge in [0.25, 0.3) is 0 Å². The van der Waals surface area contributed by atoms with Gasteiger partial charge in [-0.1, -0.05) is 30.3 Å². The van der Waals surface area contributed by atoms with E-state index in [0.29, 0.717) is 18.7 Å². The van der Waals surface area contributed by atoms with Crippen molar-refractivity contribution in [2.75, 3.05) is 19.8 Å². The molecule has 2 aliphatic rings. The molecule has 1 spiro atoms. The van der Waals surface area contributed by atoms with Crippen LogP contribution in [0.25, 0.3) is 11.3 Å². The predicted molar refractivity (Wildman–Crippen MR) is 95.1 cm³/mol. The van der Waals surface area contributed by atoms with Crippen LogP contribution < -0.4 is 5.32 Å². The van der Waals surface area contributed by atoms with E-state index < -0.39 is 0 Å². The molecule has 2 atom stereocenters. The molecule has 1 aliphatic carbocycles. The fourth-order valence-corrected chi connectivity index (χ4v) is 4.23. The van der Waals surface area contributed by atoms with E-state index >= 15 is 0 Å². The smallest absolute Gasteiger partial charge is 0.208 e. The van der Waals surface area contributed by atoms with Gasteiger partial charge in [0, 0.05) is 36.8 Å². The molecule has 1 aromatic heterocycles. The lowest BCUT2D eigenvalue weighted by Gasteiger charge is -2.57. The van der Waals surface area contributed by atoms with Crippen molar-refractivity contribution in [2.45, 2.75) is 44.9 Å². The zero-order valence-electron chi connectivity index (χ0n) is 14.7. The third-order valence-corrected chi connectivity index (χ3v) is 5.69. The first-order chi connectivity index (χ1) is 12.3. The molecule has 5 nitrogen and oxygen atoms in total. The standard InChI is InChI=1S/C20H26N2O3/c1-2-24-18-12-17(20(18)8-10-23-11-9-20)21-14-19-22-13-16(25-19)15-6-4-3-5-7-15/h3-7,13,17-18,21H,2,8-12,14H2,1H3/t17-,18-/m0/s1. The van der Waals surface area contributed by atoms with Gasteiger partial charge in [-0.05, 0) is 26.2 Å². The SMILES string of the molecule is CCO[C@H]1C[C@H](NCc2ncc(-c3ccccc3)o2)C12CCOCC2. The van der Waals surface area contributed by atoms with Gasteiger partial charge in [-0.2, -0.15) is 0 Å². The lowest BCUT2D eigenvalue weighted by molar-refractivity contribution is -0.173. The van der Waals surface area contributed by atoms with Crippen LogP contribution in [0.1, 0.15) is 32.1 Å². The molecule has 0 radical (unpaired) electrons. The van der Waals surface area contributed by atoms with E-state index in [4.69, 9.17) is 13.9 Å². The normalized spacial score (nSPS) is 25.0. The van der Waals surface area contributed by atoms with Crippen molar-refractivity contribution in [1.82, 2.24) is 10.3 Å². The van der Waals surface area contributed by atoms with Gasteiger partial charge in [-0.15, -0.1) is 0 Å². The molecule has 2 heterocycles. The summed E-state index contributed by atoms with van der Waals surface area (Å²) >= 11 is 0. The van der Waals surface area contributed by atoms with Crippen LogP contribution >= 0.6 is 0 Å². The second kappa shape index (κ2) is 7.28. The molecule has 134 valence electrons. The van der Waals surface area contributed by atoms with Crippen molar-refractivity contribution < 1.29 is 13.9 Å². The number of benzene rings is 1. The molecule has 1 saturated carbocycles. The first kappa shape index (κ1) is 16.8. The molecule has 1 aliphatic heterocycles. The highest BCUT2D eigenvalue weighted by molar-refractivity contribution is 5.55. The number of aromatic nitrogens is 1. The maximum atomic E-state index is 5.98. The van der Waals surface area contributed by atoms with Crippen LogP contribution in [-0.4, -0.2) is 37.0 Å². The van der Waals surface area contributed by atoms with Crippen LogP contribution in [0.4, 0.5) is 0 Å². The maximum absolute atomic E-state index is 5.98. The largest absolute Gasteiger partial charge is 0.439 e. The summed E-state index contributed by atoms with van der Waals surface area (Å²) < 4.78 is 17.5. The van der Waals surface area contributed by atoms with Gasteiger partial charge in [-0.3, -0.25) is 0 Å². The second-order valence-corrected chi connectivity index (χ2v) is 6.94. The first-order valence-electron chi connectivity index (χ1n) is 9.24. The molecule has 1 N–H and O–H groups in total. The molecule has 25 heavy (non-hydrogen) atoms. The lowest BCUT2D eigenvalue weighted by atomic mass is 9.57. The van der Waals surface area contributed by atoms with E-state index in [1.54, 1.807) is 6.20 Å². The molecular formula is C20H26N2O3. The Kier molecular flexibility index (Phi) is 4.88. The van der Waals surface area contributed by atoms with E-state index in [9.17, 15) is 0 Å². The van der Waals surface area contributed by atoms with Gasteiger partial charge < -0.3 is 19.2 Å². The molecule has 1 saturated heterocycles. The topological polar surface area (TPSA) is 56.5 Å². The summed E-state index contributed by atoms with van der Waals surface area (Å²) in [5, 5.41) is 3.66. The van der Waals surface area contributed by atoms with E-state index in [1.165, 1.54) is 0 Å². The average molecular weight is 342 g/mol. The van der Waals surface area contributed by atoms with Crippen molar-refractivity contribution in [2.24, 2.45) is 5.41 Å². The summed E-state index contributed by atoms with van der Waals surface area (Å²) in [6, 6.07) is 10.5. The van der Waals surface area contributed by atoms with Gasteiger partial charge in [-0.25, -0.2) is 4.98 Å². The van der Waals surface area contributed by atoms with Crippen LogP contribution in [0.3, 0.4) is 0 Å². The fourth-order valence-electron chi connectivity index (χ4n) is 4.23. The number of nitrogens with zero attached hydrogens (tertiary/aromatic N) is 1. The van der Waals surface area contributed by atoms with Crippen LogP contribution in [0.2, 0.25) is 0 Å². The number of hydrogen-bond acceptors (Lipinski definition) is 5. The van der Waals surface area contributed by atoms with Gasteiger partial charge in [0.15, 0.2) is 5.76 Å². The maximum Gasteiger partial charge on any atom is 0.208 e. The van der Waals surface area contributed by atoms with Gasteiger partial charge >= 0.3 is 0 Å². The van der Waals surface area contributed by atoms with Crippen molar-refractivity contribution in [1.29, 1.82) is 0 Å². The third kappa shape index (κ3) is 3.24. The van der Waals surface area contributed by atoms with Gasteiger partial charge in [0.05, 0.1) is 18.8 Å². The minimum absolute atomic E-state index is 0.211. The third-order valence-electron chi connectivity index (χ3n) is 5.69. The van der Waals surface area contributed by atoms with E-state index in [-0.39, 0.29) is 5.41 Å². The summed E-state index contributed by atoms with van der Waals surface area (Å²) in [5.74, 6) is 1.56. The first-order valence-corrected chi connectivity index (χ1v) is 9.24. The highest BCUT2D eigenvalue weighted by Crippen LogP contribution is 2.50. The lowest BCUT2D eigenvalue weighted by Crippen LogP contribution is -2.65. The Morgan fingerprint density at radius 3 is 2.80 bits per heavy atom. The van der Waals surface area contributed by atoms with E-state index in [2.05, 4.69) is 17.2 Å². The highest BCUT2D eigenvalue weighted by atomic mass is 16.5. The number of rotatable bonds is 6. The Morgan fingerprint density at radius 1 is 1.24 bits per heavy atom. The predicted octanol–water partition coefficient (Wildman–Crippen LogP) is 3.41. The van der Waals surface area contributed by atoms with Crippen molar-refractivity contribution in [3.63, 3.8) is 0 Å². The minimum atomic E-state index is 0.211. The number of oxazole rings is 1. The summed E-state index contributed by atoms with van der Waals surface area (Å²) in [7, 11) is 0. The van der Waals surface area contributed by atoms with Crippen LogP contribution in [0, 0.1) is 5.41 Å². The highest BCUT2D eigenvalue weighted by Gasteiger charge is 2.55. The molecule has 2 aromatic rings. The van der Waals surface area contributed by atoms with Crippen molar-refractivity contribution >= 4 is 0 Å². The Labute approximate surface area is 148 Å². The molecule has 0 amide bonds. The van der Waals surface area contributed by atoms with Crippen LogP contribution in [-0.2, 0) is 16.0 Å². The quantitative estimate of drug-likeness (QED) is 0.872. The van der Waals surface area contributed by atoms with Crippen LogP contribution in [0.5, 0.6) is 0 Å². The molecule has 5 heteroatoms. The summed E-state index contributed by atoms with van der Waals surface area (Å²) in [4.78, 5) is 4.43. The Morgan fingerprint density at radius 2 is 2.04 bits per heavy atom. The van der Waals surface area contributed by atoms with Gasteiger partial charge in [0.2, 0.25) is 5.89 Å². The van der Waals surface area contributed by atoms with E-state index in [1.807, 2.05) is 30.3 Å². The summed E-state index contributed by atoms with van der Waals surface area (Å²) in [6.07, 6.45) is 5.34. The molecule has 0 unspecified atom stereocenters. The zero-order chi connectivity index (χ0) is 17.1. The second-order valence-electron chi connectivity index (χ2n) is 6.94. The molecule has 4 rings (SSSR count). The van der Waals surface area contributed by atoms with Crippen molar-refractivity contribution in [3.05, 3.63) is 42.4 Å². The van der Waals surface area contributed by atoms with Crippen LogP contribution in [0.15, 0.2) is 40.9 Å². The molecule has 0 bridgehead atoms. The number of hydrogen-bond donors (Lipinski definition) is 1.